The summed E-state index contributed by atoms with van der Waals surface area (Å²) in [5, 5.41) is 10.2. The molecule has 5 nitrogen and oxygen atoms in total. The van der Waals surface area contributed by atoms with Crippen LogP contribution in [0, 0.1) is 6.92 Å². The lowest BCUT2D eigenvalue weighted by Gasteiger charge is -2.30. The number of nitrogens with zero attached hydrogens (tertiary/aromatic N) is 3. The summed E-state index contributed by atoms with van der Waals surface area (Å²) < 4.78 is 0. The molecule has 1 aromatic carbocycles. The Bertz CT molecular complexity index is 813. The lowest BCUT2D eigenvalue weighted by atomic mass is 9.81. The Balaban J connectivity index is 1.70. The van der Waals surface area contributed by atoms with Crippen LogP contribution in [-0.2, 0) is 6.42 Å². The third kappa shape index (κ3) is 2.99. The van der Waals surface area contributed by atoms with Crippen LogP contribution in [-0.4, -0.2) is 33.9 Å². The molecule has 25 heavy (non-hydrogen) atoms. The van der Waals surface area contributed by atoms with E-state index in [1.165, 1.54) is 19.3 Å². The van der Waals surface area contributed by atoms with Crippen molar-refractivity contribution in [3.05, 3.63) is 46.8 Å². The number of aryl methyl sites for hydroxylation is 1. The molecule has 0 radical (unpaired) electrons. The van der Waals surface area contributed by atoms with Crippen molar-refractivity contribution in [1.82, 2.24) is 9.97 Å². The van der Waals surface area contributed by atoms with Gasteiger partial charge in [0.05, 0.1) is 17.0 Å². The van der Waals surface area contributed by atoms with E-state index in [0.29, 0.717) is 18.4 Å². The highest BCUT2D eigenvalue weighted by Crippen LogP contribution is 2.37. The number of anilines is 1. The molecule has 1 aliphatic heterocycles. The van der Waals surface area contributed by atoms with Gasteiger partial charge in [0.2, 0.25) is 5.95 Å². The van der Waals surface area contributed by atoms with E-state index in [4.69, 9.17) is 4.98 Å². The van der Waals surface area contributed by atoms with Gasteiger partial charge in [-0.3, -0.25) is 4.79 Å². The summed E-state index contributed by atoms with van der Waals surface area (Å²) in [5.41, 5.74) is 3.13. The predicted molar refractivity (Wildman–Crippen MR) is 96.3 cm³/mol. The second-order valence-electron chi connectivity index (χ2n) is 7.07. The van der Waals surface area contributed by atoms with Gasteiger partial charge < -0.3 is 10.0 Å². The number of para-hydroxylation sites is 1. The quantitative estimate of drug-likeness (QED) is 0.910. The summed E-state index contributed by atoms with van der Waals surface area (Å²) in [7, 11) is 0. The highest BCUT2D eigenvalue weighted by atomic mass is 16.3. The molecule has 1 aliphatic carbocycles. The maximum atomic E-state index is 12.7. The normalized spacial score (nSPS) is 20.4. The molecule has 0 bridgehead atoms. The van der Waals surface area contributed by atoms with E-state index in [1.807, 2.05) is 19.1 Å². The average molecular weight is 337 g/mol. The molecule has 1 aromatic heterocycles. The number of hydrogen-bond acceptors (Lipinski definition) is 5. The van der Waals surface area contributed by atoms with Crippen molar-refractivity contribution in [3.63, 3.8) is 0 Å². The number of aromatic hydroxyl groups is 1. The molecule has 130 valence electrons. The topological polar surface area (TPSA) is 66.3 Å². The molecule has 5 heteroatoms. The Kier molecular flexibility index (Phi) is 4.15. The van der Waals surface area contributed by atoms with Gasteiger partial charge in [0, 0.05) is 25.4 Å². The largest absolute Gasteiger partial charge is 0.508 e. The Hall–Kier alpha value is -2.43. The molecular weight excluding hydrogens is 314 g/mol. The second kappa shape index (κ2) is 6.47. The number of Topliss-reactive ketones (excluding diaryl/α,β-unsaturated/α-hetero) is 1. The number of benzene rings is 1. The molecule has 2 heterocycles. The Morgan fingerprint density at radius 3 is 2.60 bits per heavy atom. The molecule has 0 unspecified atom stereocenters. The summed E-state index contributed by atoms with van der Waals surface area (Å²) in [6.45, 7) is 3.87. The van der Waals surface area contributed by atoms with Gasteiger partial charge in [-0.05, 0) is 44.2 Å². The number of phenols is 1. The van der Waals surface area contributed by atoms with Crippen molar-refractivity contribution in [2.24, 2.45) is 0 Å². The molecule has 1 fully saturated rings. The average Bonchev–Trinajstić information content (AvgIpc) is 2.62. The number of rotatable bonds is 2. The van der Waals surface area contributed by atoms with E-state index < -0.39 is 0 Å². The Morgan fingerprint density at radius 2 is 1.84 bits per heavy atom. The first kappa shape index (κ1) is 16.1. The molecule has 1 atom stereocenters. The van der Waals surface area contributed by atoms with Crippen LogP contribution in [0.25, 0.3) is 0 Å². The minimum Gasteiger partial charge on any atom is -0.508 e. The first-order valence-electron chi connectivity index (χ1n) is 9.07. The first-order valence-corrected chi connectivity index (χ1v) is 9.07. The van der Waals surface area contributed by atoms with Crippen LogP contribution in [0.3, 0.4) is 0 Å². The van der Waals surface area contributed by atoms with Gasteiger partial charge in [-0.15, -0.1) is 0 Å². The van der Waals surface area contributed by atoms with E-state index in [9.17, 15) is 9.90 Å². The van der Waals surface area contributed by atoms with Gasteiger partial charge in [0.25, 0.3) is 0 Å². The number of hydrogen-bond donors (Lipinski definition) is 1. The predicted octanol–water partition coefficient (Wildman–Crippen LogP) is 3.39. The van der Waals surface area contributed by atoms with Gasteiger partial charge in [-0.1, -0.05) is 18.2 Å². The summed E-state index contributed by atoms with van der Waals surface area (Å²) in [5.74, 6) is 1.06. The van der Waals surface area contributed by atoms with Gasteiger partial charge in [-0.2, -0.15) is 0 Å². The van der Waals surface area contributed by atoms with Crippen LogP contribution in [0.1, 0.15) is 58.9 Å². The fourth-order valence-corrected chi connectivity index (χ4v) is 4.05. The molecule has 0 saturated carbocycles. The van der Waals surface area contributed by atoms with Crippen molar-refractivity contribution < 1.29 is 9.90 Å². The van der Waals surface area contributed by atoms with E-state index in [1.54, 1.807) is 12.1 Å². The summed E-state index contributed by atoms with van der Waals surface area (Å²) >= 11 is 0. The summed E-state index contributed by atoms with van der Waals surface area (Å²) in [6.07, 6.45) is 4.66. The minimum absolute atomic E-state index is 0.0234. The van der Waals surface area contributed by atoms with Gasteiger partial charge in [-0.25, -0.2) is 9.97 Å². The van der Waals surface area contributed by atoms with Gasteiger partial charge >= 0.3 is 0 Å². The third-order valence-electron chi connectivity index (χ3n) is 5.32. The lowest BCUT2D eigenvalue weighted by Crippen LogP contribution is -2.32. The van der Waals surface area contributed by atoms with Gasteiger partial charge in [0.15, 0.2) is 5.78 Å². The zero-order chi connectivity index (χ0) is 17.4. The number of fused-ring (bicyclic) bond motifs is 1. The smallest absolute Gasteiger partial charge is 0.225 e. The standard InChI is InChI=1S/C20H23N3O2/c1-13-19-16(22-20(21-13)23-9-5-2-6-10-23)11-14(12-18(19)25)15-7-3-4-8-17(15)24/h3-4,7-8,14,24H,2,5-6,9-12H2,1H3/t14-/m1/s1. The number of ketones is 1. The van der Waals surface area contributed by atoms with E-state index >= 15 is 0 Å². The molecular formula is C20H23N3O2. The first-order chi connectivity index (χ1) is 12.1. The maximum absolute atomic E-state index is 12.7. The zero-order valence-electron chi connectivity index (χ0n) is 14.5. The van der Waals surface area contributed by atoms with Gasteiger partial charge in [0.1, 0.15) is 5.75 Å². The Labute approximate surface area is 147 Å². The molecule has 4 rings (SSSR count). The van der Waals surface area contributed by atoms with Crippen LogP contribution in [0.4, 0.5) is 5.95 Å². The molecule has 0 spiro atoms. The van der Waals surface area contributed by atoms with Crippen LogP contribution < -0.4 is 4.90 Å². The molecule has 1 N–H and O–H groups in total. The number of carbonyl (C=O) groups is 1. The SMILES string of the molecule is Cc1nc(N2CCCCC2)nc2c1C(=O)C[C@H](c1ccccc1O)C2. The van der Waals surface area contributed by atoms with Crippen LogP contribution in [0.15, 0.2) is 24.3 Å². The number of carbonyl (C=O) groups excluding carboxylic acids is 1. The monoisotopic (exact) mass is 337 g/mol. The number of aromatic nitrogens is 2. The van der Waals surface area contributed by atoms with E-state index in [2.05, 4.69) is 9.88 Å². The van der Waals surface area contributed by atoms with Crippen molar-refractivity contribution >= 4 is 11.7 Å². The number of phenolic OH excluding ortho intramolecular Hbond substituents is 1. The summed E-state index contributed by atoms with van der Waals surface area (Å²) in [4.78, 5) is 24.3. The second-order valence-corrected chi connectivity index (χ2v) is 7.07. The fourth-order valence-electron chi connectivity index (χ4n) is 4.05. The highest BCUT2D eigenvalue weighted by Gasteiger charge is 2.31. The maximum Gasteiger partial charge on any atom is 0.225 e. The fraction of sp³-hybridized carbons (Fsp3) is 0.450. The molecule has 2 aliphatic rings. The van der Waals surface area contributed by atoms with Crippen molar-refractivity contribution in [3.8, 4) is 5.75 Å². The van der Waals surface area contributed by atoms with Crippen molar-refractivity contribution in [2.45, 2.75) is 44.9 Å². The molecule has 1 saturated heterocycles. The van der Waals surface area contributed by atoms with Crippen LogP contribution >= 0.6 is 0 Å². The van der Waals surface area contributed by atoms with Crippen molar-refractivity contribution in [2.75, 3.05) is 18.0 Å². The third-order valence-corrected chi connectivity index (χ3v) is 5.32. The Morgan fingerprint density at radius 1 is 1.08 bits per heavy atom. The zero-order valence-corrected chi connectivity index (χ0v) is 14.5. The lowest BCUT2D eigenvalue weighted by molar-refractivity contribution is 0.0961. The molecule has 0 amide bonds. The summed E-state index contributed by atoms with van der Waals surface area (Å²) in [6, 6.07) is 7.29. The van der Waals surface area contributed by atoms with Crippen LogP contribution in [0.2, 0.25) is 0 Å². The number of piperidine rings is 1. The highest BCUT2D eigenvalue weighted by molar-refractivity contribution is 5.99. The van der Waals surface area contributed by atoms with E-state index in [-0.39, 0.29) is 17.5 Å². The van der Waals surface area contributed by atoms with Crippen molar-refractivity contribution in [1.29, 1.82) is 0 Å². The van der Waals surface area contributed by atoms with E-state index in [0.717, 1.165) is 36.0 Å². The molecule has 2 aromatic rings. The minimum atomic E-state index is -0.0234. The van der Waals surface area contributed by atoms with Crippen LogP contribution in [0.5, 0.6) is 5.75 Å².